The molecule has 246 valence electrons. The van der Waals surface area contributed by atoms with Gasteiger partial charge < -0.3 is 9.64 Å². The van der Waals surface area contributed by atoms with Gasteiger partial charge in [-0.2, -0.15) is 0 Å². The molecule has 3 aliphatic heterocycles. The minimum absolute atomic E-state index is 0.00357. The van der Waals surface area contributed by atoms with Gasteiger partial charge in [0.05, 0.1) is 0 Å². The third-order valence-corrected chi connectivity index (χ3v) is 15.8. The average molecular weight is 642 g/mol. The summed E-state index contributed by atoms with van der Waals surface area (Å²) in [6.45, 7) is 14.2. The molecule has 10 aliphatic rings. The van der Waals surface area contributed by atoms with Gasteiger partial charge in [0, 0.05) is 22.5 Å². The molecule has 0 saturated heterocycles. The largest absolute Gasteiger partial charge is 0.458 e. The minimum atomic E-state index is -0.00357. The van der Waals surface area contributed by atoms with Gasteiger partial charge in [-0.15, -0.1) is 0 Å². The van der Waals surface area contributed by atoms with Crippen LogP contribution < -0.4 is 26.0 Å². The molecule has 7 aliphatic carbocycles. The van der Waals surface area contributed by atoms with Crippen LogP contribution in [0.1, 0.15) is 95.9 Å². The smallest absolute Gasteiger partial charge is 0.257 e. The summed E-state index contributed by atoms with van der Waals surface area (Å²) in [6, 6.07) is 29.2. The number of hydrogen-bond acceptors (Lipinski definition) is 2. The molecule has 5 unspecified atom stereocenters. The molecule has 3 heterocycles. The summed E-state index contributed by atoms with van der Waals surface area (Å²) in [5, 5.41) is 0. The molecule has 49 heavy (non-hydrogen) atoms. The van der Waals surface area contributed by atoms with Gasteiger partial charge >= 0.3 is 0 Å². The summed E-state index contributed by atoms with van der Waals surface area (Å²) >= 11 is 0. The van der Waals surface area contributed by atoms with Crippen LogP contribution in [0.2, 0.25) is 0 Å². The van der Waals surface area contributed by atoms with Gasteiger partial charge in [-0.1, -0.05) is 77.9 Å². The minimum Gasteiger partial charge on any atom is -0.458 e. The Morgan fingerprint density at radius 3 is 1.94 bits per heavy atom. The molecule has 2 nitrogen and oxygen atoms in total. The zero-order valence-electron chi connectivity index (χ0n) is 30.0. The van der Waals surface area contributed by atoms with Gasteiger partial charge in [0.25, 0.3) is 6.71 Å². The van der Waals surface area contributed by atoms with Crippen molar-refractivity contribution >= 4 is 40.2 Å². The first kappa shape index (κ1) is 28.3. The predicted molar refractivity (Wildman–Crippen MR) is 201 cm³/mol. The standard InChI is InChI=1S/C46H48BNO/c1-44(2,3)25-13-15-28(16-14-25)48-36-11-7-9-34-41(36)47-42-35(10-8-12-38(42)49-39-23-26(45(4,5)6)22-37(48)43(39)47)46(34)27-20-30-29-17-24-18-32(30)40(46)33(19-24)31(29)21-27/h7-16,22-24,27,29-33,40H,17-21H2,1-6H3. The highest BCUT2D eigenvalue weighted by molar-refractivity contribution is 7.00. The Hall–Kier alpha value is -3.46. The van der Waals surface area contributed by atoms with E-state index < -0.39 is 0 Å². The van der Waals surface area contributed by atoms with Crippen LogP contribution >= 0.6 is 0 Å². The molecule has 4 aromatic carbocycles. The monoisotopic (exact) mass is 641 g/mol. The molecule has 7 fully saturated rings. The molecule has 0 aromatic heterocycles. The molecule has 7 saturated carbocycles. The van der Waals surface area contributed by atoms with Crippen molar-refractivity contribution in [2.45, 2.75) is 89.9 Å². The molecule has 3 heteroatoms. The van der Waals surface area contributed by atoms with Crippen molar-refractivity contribution in [1.29, 1.82) is 0 Å². The van der Waals surface area contributed by atoms with E-state index in [9.17, 15) is 0 Å². The molecule has 4 aromatic rings. The van der Waals surface area contributed by atoms with E-state index in [4.69, 9.17) is 4.74 Å². The quantitative estimate of drug-likeness (QED) is 0.166. The lowest BCUT2D eigenvalue weighted by molar-refractivity contribution is -0.232. The fourth-order valence-corrected chi connectivity index (χ4v) is 14.3. The normalized spacial score (nSPS) is 34.5. The third-order valence-electron chi connectivity index (χ3n) is 15.8. The van der Waals surface area contributed by atoms with E-state index in [1.165, 1.54) is 64.8 Å². The number of rotatable bonds is 1. The van der Waals surface area contributed by atoms with Crippen molar-refractivity contribution in [1.82, 2.24) is 0 Å². The molecule has 0 radical (unpaired) electrons. The highest BCUT2D eigenvalue weighted by Crippen LogP contribution is 2.77. The Kier molecular flexibility index (Phi) is 5.02. The van der Waals surface area contributed by atoms with Crippen molar-refractivity contribution in [3.05, 3.63) is 95.1 Å². The predicted octanol–water partition coefficient (Wildman–Crippen LogP) is 9.23. The Morgan fingerprint density at radius 1 is 0.612 bits per heavy atom. The number of hydrogen-bond donors (Lipinski definition) is 0. The topological polar surface area (TPSA) is 12.5 Å². The van der Waals surface area contributed by atoms with E-state index in [-0.39, 0.29) is 23.0 Å². The summed E-state index contributed by atoms with van der Waals surface area (Å²) < 4.78 is 7.21. The summed E-state index contributed by atoms with van der Waals surface area (Å²) in [5.74, 6) is 9.44. The van der Waals surface area contributed by atoms with E-state index >= 15 is 0 Å². The van der Waals surface area contributed by atoms with Crippen molar-refractivity contribution in [2.24, 2.45) is 47.3 Å². The van der Waals surface area contributed by atoms with Gasteiger partial charge in [0.2, 0.25) is 0 Å². The number of benzene rings is 4. The van der Waals surface area contributed by atoms with Crippen LogP contribution in [0.25, 0.3) is 0 Å². The van der Waals surface area contributed by atoms with Gasteiger partial charge in [-0.05, 0) is 165 Å². The first-order valence-corrected chi connectivity index (χ1v) is 19.6. The molecule has 0 amide bonds. The van der Waals surface area contributed by atoms with Gasteiger partial charge in [0.1, 0.15) is 11.5 Å². The maximum absolute atomic E-state index is 7.21. The van der Waals surface area contributed by atoms with Gasteiger partial charge in [-0.25, -0.2) is 0 Å². The SMILES string of the molecule is CC(C)(C)c1ccc(N2c3cc(C(C)(C)C)cc4c3B3c5c(cccc5C5(c6cccc2c63)C2CC3C6CC7CC3C5C(C7)C6C2)O4)cc1. The maximum Gasteiger partial charge on any atom is 0.257 e. The zero-order valence-corrected chi connectivity index (χ0v) is 30.0. The fraction of sp³-hybridized carbons (Fsp3) is 0.478. The van der Waals surface area contributed by atoms with Crippen LogP contribution in [0.3, 0.4) is 0 Å². The molecule has 5 atom stereocenters. The highest BCUT2D eigenvalue weighted by atomic mass is 16.5. The van der Waals surface area contributed by atoms with Crippen LogP contribution in [-0.2, 0) is 16.2 Å². The molecule has 1 spiro atoms. The fourth-order valence-electron chi connectivity index (χ4n) is 14.3. The lowest BCUT2D eigenvalue weighted by Crippen LogP contribution is -2.76. The summed E-state index contributed by atoms with van der Waals surface area (Å²) in [5.41, 5.74) is 14.7. The number of ether oxygens (including phenoxy) is 1. The van der Waals surface area contributed by atoms with Gasteiger partial charge in [-0.3, -0.25) is 0 Å². The van der Waals surface area contributed by atoms with Crippen molar-refractivity contribution in [2.75, 3.05) is 4.90 Å². The second kappa shape index (κ2) is 8.70. The maximum atomic E-state index is 7.21. The molecule has 8 bridgehead atoms. The van der Waals surface area contributed by atoms with Crippen molar-refractivity contribution < 1.29 is 4.74 Å². The second-order valence-electron chi connectivity index (χ2n) is 19.7. The van der Waals surface area contributed by atoms with Crippen LogP contribution in [0, 0.1) is 47.3 Å². The third kappa shape index (κ3) is 3.21. The number of nitrogens with zero attached hydrogens (tertiary/aromatic N) is 1. The number of anilines is 3. The van der Waals surface area contributed by atoms with E-state index in [1.54, 1.807) is 23.0 Å². The van der Waals surface area contributed by atoms with E-state index in [2.05, 4.69) is 119 Å². The average Bonchev–Trinajstić information content (AvgIpc) is 3.08. The Balaban J connectivity index is 1.17. The first-order chi connectivity index (χ1) is 23.5. The van der Waals surface area contributed by atoms with E-state index in [1.807, 2.05) is 0 Å². The molecule has 14 rings (SSSR count). The highest BCUT2D eigenvalue weighted by Gasteiger charge is 2.73. The molecule has 0 N–H and O–H groups in total. The lowest BCUT2D eigenvalue weighted by Gasteiger charge is -2.76. The lowest BCUT2D eigenvalue weighted by atomic mass is 9.23. The van der Waals surface area contributed by atoms with Crippen molar-refractivity contribution in [3.8, 4) is 11.5 Å². The van der Waals surface area contributed by atoms with Crippen LogP contribution in [0.5, 0.6) is 11.5 Å². The van der Waals surface area contributed by atoms with E-state index in [0.717, 1.165) is 58.8 Å². The zero-order chi connectivity index (χ0) is 32.9. The summed E-state index contributed by atoms with van der Waals surface area (Å²) in [7, 11) is 0. The summed E-state index contributed by atoms with van der Waals surface area (Å²) in [6.07, 6.45) is 7.40. The Morgan fingerprint density at radius 2 is 1.24 bits per heavy atom. The van der Waals surface area contributed by atoms with E-state index in [0.29, 0.717) is 0 Å². The molecular formula is C46H48BNO. The first-order valence-electron chi connectivity index (χ1n) is 19.6. The van der Waals surface area contributed by atoms with Gasteiger partial charge in [0.15, 0.2) is 0 Å². The van der Waals surface area contributed by atoms with Crippen LogP contribution in [0.4, 0.5) is 17.1 Å². The van der Waals surface area contributed by atoms with Crippen LogP contribution in [0.15, 0.2) is 72.8 Å². The van der Waals surface area contributed by atoms with Crippen molar-refractivity contribution in [3.63, 3.8) is 0 Å². The van der Waals surface area contributed by atoms with Crippen LogP contribution in [-0.4, -0.2) is 6.71 Å². The molecular weight excluding hydrogens is 593 g/mol. The second-order valence-corrected chi connectivity index (χ2v) is 19.7. The summed E-state index contributed by atoms with van der Waals surface area (Å²) in [4.78, 5) is 2.64. The Bertz CT molecular complexity index is 2110. The Labute approximate surface area is 292 Å².